The molecule has 2 unspecified atom stereocenters. The van der Waals surface area contributed by atoms with E-state index in [2.05, 4.69) is 24.1 Å². The summed E-state index contributed by atoms with van der Waals surface area (Å²) in [5.74, 6) is 0.256. The Morgan fingerprint density at radius 1 is 1.67 bits per heavy atom. The van der Waals surface area contributed by atoms with E-state index in [-0.39, 0.29) is 18.1 Å². The standard InChI is InChI=1S/C12H19N3O2S/c1-7(2)9-6-18-12(14-9)15-11(16)10-4-3-8(5-13)17-10/h6-8,10H,3-5,13H2,1-2H3,(H,14,15,16). The van der Waals surface area contributed by atoms with E-state index >= 15 is 0 Å². The molecule has 18 heavy (non-hydrogen) atoms. The minimum Gasteiger partial charge on any atom is -0.364 e. The van der Waals surface area contributed by atoms with Gasteiger partial charge in [-0.1, -0.05) is 13.8 Å². The Balaban J connectivity index is 1.91. The zero-order chi connectivity index (χ0) is 13.1. The number of rotatable bonds is 4. The minimum atomic E-state index is -0.384. The second-order valence-corrected chi connectivity index (χ2v) is 5.64. The zero-order valence-electron chi connectivity index (χ0n) is 10.7. The lowest BCUT2D eigenvalue weighted by Crippen LogP contribution is -2.29. The molecule has 1 aromatic heterocycles. The van der Waals surface area contributed by atoms with E-state index in [0.717, 1.165) is 18.5 Å². The third-order valence-corrected chi connectivity index (χ3v) is 3.78. The minimum absolute atomic E-state index is 0.0169. The van der Waals surface area contributed by atoms with Crippen LogP contribution >= 0.6 is 11.3 Å². The molecule has 1 fully saturated rings. The first kappa shape index (κ1) is 13.5. The number of carbonyl (C=O) groups excluding carboxylic acids is 1. The normalized spacial score (nSPS) is 23.6. The van der Waals surface area contributed by atoms with Gasteiger partial charge in [-0.15, -0.1) is 11.3 Å². The van der Waals surface area contributed by atoms with Crippen LogP contribution in [0, 0.1) is 0 Å². The van der Waals surface area contributed by atoms with Gasteiger partial charge in [0.15, 0.2) is 5.13 Å². The van der Waals surface area contributed by atoms with Crippen molar-refractivity contribution >= 4 is 22.4 Å². The predicted octanol–water partition coefficient (Wildman–Crippen LogP) is 1.71. The summed E-state index contributed by atoms with van der Waals surface area (Å²) < 4.78 is 5.54. The highest BCUT2D eigenvalue weighted by Gasteiger charge is 2.30. The number of ether oxygens (including phenoxy) is 1. The van der Waals surface area contributed by atoms with Crippen molar-refractivity contribution in [3.63, 3.8) is 0 Å². The number of nitrogens with zero attached hydrogens (tertiary/aromatic N) is 1. The quantitative estimate of drug-likeness (QED) is 0.872. The molecule has 0 bridgehead atoms. The van der Waals surface area contributed by atoms with Crippen molar-refractivity contribution in [2.24, 2.45) is 5.73 Å². The van der Waals surface area contributed by atoms with Gasteiger partial charge in [-0.25, -0.2) is 4.98 Å². The summed E-state index contributed by atoms with van der Waals surface area (Å²) in [6.07, 6.45) is 1.22. The second kappa shape index (κ2) is 5.77. The summed E-state index contributed by atoms with van der Waals surface area (Å²) in [6.45, 7) is 4.62. The predicted molar refractivity (Wildman–Crippen MR) is 71.8 cm³/mol. The molecular formula is C12H19N3O2S. The molecule has 1 aliphatic heterocycles. The molecule has 6 heteroatoms. The fraction of sp³-hybridized carbons (Fsp3) is 0.667. The van der Waals surface area contributed by atoms with Gasteiger partial charge in [0.1, 0.15) is 6.10 Å². The first-order valence-electron chi connectivity index (χ1n) is 6.22. The first-order valence-corrected chi connectivity index (χ1v) is 7.10. The first-order chi connectivity index (χ1) is 8.60. The Kier molecular flexibility index (Phi) is 4.31. The van der Waals surface area contributed by atoms with Crippen LogP contribution in [0.5, 0.6) is 0 Å². The molecule has 0 saturated carbocycles. The highest BCUT2D eigenvalue weighted by molar-refractivity contribution is 7.13. The summed E-state index contributed by atoms with van der Waals surface area (Å²) in [5, 5.41) is 5.42. The molecule has 2 rings (SSSR count). The van der Waals surface area contributed by atoms with E-state index in [1.165, 1.54) is 11.3 Å². The molecule has 1 aromatic rings. The number of anilines is 1. The lowest BCUT2D eigenvalue weighted by molar-refractivity contribution is -0.126. The van der Waals surface area contributed by atoms with Crippen LogP contribution in [0.2, 0.25) is 0 Å². The van der Waals surface area contributed by atoms with Crippen LogP contribution in [-0.2, 0) is 9.53 Å². The molecule has 100 valence electrons. The Hall–Kier alpha value is -0.980. The summed E-state index contributed by atoms with van der Waals surface area (Å²) in [6, 6.07) is 0. The number of thiazole rings is 1. The van der Waals surface area contributed by atoms with Crippen LogP contribution in [0.4, 0.5) is 5.13 Å². The molecule has 3 N–H and O–H groups in total. The smallest absolute Gasteiger partial charge is 0.255 e. The van der Waals surface area contributed by atoms with Crippen LogP contribution in [0.3, 0.4) is 0 Å². The van der Waals surface area contributed by atoms with Gasteiger partial charge in [-0.3, -0.25) is 10.1 Å². The van der Waals surface area contributed by atoms with E-state index < -0.39 is 0 Å². The molecule has 2 atom stereocenters. The van der Waals surface area contributed by atoms with E-state index in [1.807, 2.05) is 5.38 Å². The van der Waals surface area contributed by atoms with Crippen molar-refractivity contribution in [3.05, 3.63) is 11.1 Å². The molecule has 0 aliphatic carbocycles. The lowest BCUT2D eigenvalue weighted by atomic mass is 10.2. The van der Waals surface area contributed by atoms with Crippen LogP contribution in [0.25, 0.3) is 0 Å². The molecule has 0 spiro atoms. The van der Waals surface area contributed by atoms with Gasteiger partial charge in [0.2, 0.25) is 0 Å². The Morgan fingerprint density at radius 2 is 2.44 bits per heavy atom. The van der Waals surface area contributed by atoms with Gasteiger partial charge >= 0.3 is 0 Å². The van der Waals surface area contributed by atoms with Crippen LogP contribution < -0.4 is 11.1 Å². The monoisotopic (exact) mass is 269 g/mol. The fourth-order valence-corrected chi connectivity index (χ4v) is 2.74. The molecule has 2 heterocycles. The Labute approximate surface area is 111 Å². The van der Waals surface area contributed by atoms with E-state index in [0.29, 0.717) is 17.6 Å². The van der Waals surface area contributed by atoms with Crippen LogP contribution in [0.1, 0.15) is 38.3 Å². The van der Waals surface area contributed by atoms with Crippen molar-refractivity contribution in [1.29, 1.82) is 0 Å². The van der Waals surface area contributed by atoms with Crippen LogP contribution in [0.15, 0.2) is 5.38 Å². The SMILES string of the molecule is CC(C)c1csc(NC(=O)C2CCC(CN)O2)n1. The molecular weight excluding hydrogens is 250 g/mol. The lowest BCUT2D eigenvalue weighted by Gasteiger charge is -2.11. The number of hydrogen-bond donors (Lipinski definition) is 2. The number of nitrogens with two attached hydrogens (primary N) is 1. The molecule has 1 amide bonds. The topological polar surface area (TPSA) is 77.2 Å². The third-order valence-electron chi connectivity index (χ3n) is 3.01. The largest absolute Gasteiger partial charge is 0.364 e. The maximum atomic E-state index is 11.9. The van der Waals surface area contributed by atoms with Crippen molar-refractivity contribution in [2.75, 3.05) is 11.9 Å². The van der Waals surface area contributed by atoms with E-state index in [1.54, 1.807) is 0 Å². The molecule has 0 aromatic carbocycles. The van der Waals surface area contributed by atoms with Crippen molar-refractivity contribution in [3.8, 4) is 0 Å². The highest BCUT2D eigenvalue weighted by atomic mass is 32.1. The van der Waals surface area contributed by atoms with Crippen molar-refractivity contribution < 1.29 is 9.53 Å². The van der Waals surface area contributed by atoms with Crippen molar-refractivity contribution in [1.82, 2.24) is 4.98 Å². The highest BCUT2D eigenvalue weighted by Crippen LogP contribution is 2.24. The molecule has 1 aliphatic rings. The summed E-state index contributed by atoms with van der Waals surface area (Å²) in [7, 11) is 0. The average molecular weight is 269 g/mol. The maximum absolute atomic E-state index is 11.9. The van der Waals surface area contributed by atoms with Gasteiger partial charge in [-0.05, 0) is 18.8 Å². The van der Waals surface area contributed by atoms with Gasteiger partial charge < -0.3 is 10.5 Å². The Morgan fingerprint density at radius 3 is 3.00 bits per heavy atom. The number of nitrogens with one attached hydrogen (secondary N) is 1. The number of hydrogen-bond acceptors (Lipinski definition) is 5. The van der Waals surface area contributed by atoms with Gasteiger partial charge in [0.05, 0.1) is 11.8 Å². The number of aromatic nitrogens is 1. The maximum Gasteiger partial charge on any atom is 0.255 e. The number of amides is 1. The summed E-state index contributed by atoms with van der Waals surface area (Å²) in [4.78, 5) is 16.3. The van der Waals surface area contributed by atoms with E-state index in [4.69, 9.17) is 10.5 Å². The summed E-state index contributed by atoms with van der Waals surface area (Å²) in [5.41, 5.74) is 6.52. The van der Waals surface area contributed by atoms with E-state index in [9.17, 15) is 4.79 Å². The van der Waals surface area contributed by atoms with Crippen LogP contribution in [-0.4, -0.2) is 29.6 Å². The molecule has 0 radical (unpaired) electrons. The van der Waals surface area contributed by atoms with Crippen molar-refractivity contribution in [2.45, 2.75) is 44.8 Å². The third kappa shape index (κ3) is 3.07. The second-order valence-electron chi connectivity index (χ2n) is 4.78. The molecule has 5 nitrogen and oxygen atoms in total. The van der Waals surface area contributed by atoms with Gasteiger partial charge in [0.25, 0.3) is 5.91 Å². The fourth-order valence-electron chi connectivity index (χ4n) is 1.87. The average Bonchev–Trinajstić information content (AvgIpc) is 2.96. The van der Waals surface area contributed by atoms with Gasteiger partial charge in [0, 0.05) is 11.9 Å². The summed E-state index contributed by atoms with van der Waals surface area (Å²) >= 11 is 1.45. The Bertz CT molecular complexity index is 419. The van der Waals surface area contributed by atoms with Gasteiger partial charge in [-0.2, -0.15) is 0 Å². The zero-order valence-corrected chi connectivity index (χ0v) is 11.5. The molecule has 1 saturated heterocycles. The number of carbonyl (C=O) groups is 1.